The van der Waals surface area contributed by atoms with E-state index in [1.807, 2.05) is 37.3 Å². The van der Waals surface area contributed by atoms with Crippen LogP contribution in [-0.4, -0.2) is 21.0 Å². The van der Waals surface area contributed by atoms with Crippen molar-refractivity contribution in [1.29, 1.82) is 0 Å². The molecule has 1 aliphatic carbocycles. The average molecular weight is 434 g/mol. The van der Waals surface area contributed by atoms with Gasteiger partial charge in [-0.3, -0.25) is 4.79 Å². The van der Waals surface area contributed by atoms with Crippen LogP contribution < -0.4 is 10.9 Å². The molecule has 0 saturated heterocycles. The van der Waals surface area contributed by atoms with Gasteiger partial charge < -0.3 is 15.2 Å². The number of fused-ring (bicyclic) bond motifs is 1. The predicted molar refractivity (Wildman–Crippen MR) is 132 cm³/mol. The Labute approximate surface area is 189 Å². The first-order valence-corrected chi connectivity index (χ1v) is 11.7. The van der Waals surface area contributed by atoms with Crippen LogP contribution in [0.5, 0.6) is 0 Å². The van der Waals surface area contributed by atoms with E-state index >= 15 is 0 Å². The predicted octanol–water partition coefficient (Wildman–Crippen LogP) is 5.61. The molecule has 4 rings (SSSR count). The van der Waals surface area contributed by atoms with Crippen molar-refractivity contribution >= 4 is 28.2 Å². The van der Waals surface area contributed by atoms with Gasteiger partial charge in [-0.1, -0.05) is 61.7 Å². The number of nitrogens with one attached hydrogen (secondary N) is 2. The molecule has 0 bridgehead atoms. The lowest BCUT2D eigenvalue weighted by Gasteiger charge is -2.37. The quantitative estimate of drug-likeness (QED) is 0.514. The van der Waals surface area contributed by atoms with Gasteiger partial charge >= 0.3 is 0 Å². The van der Waals surface area contributed by atoms with E-state index in [-0.39, 0.29) is 11.6 Å². The van der Waals surface area contributed by atoms with Crippen molar-refractivity contribution in [1.82, 2.24) is 15.2 Å². The molecule has 0 radical (unpaired) electrons. The number of nitrogens with zero attached hydrogens (tertiary/aromatic N) is 1. The molecule has 162 valence electrons. The number of thiocarbonyl (C=S) groups is 1. The Balaban J connectivity index is 1.60. The van der Waals surface area contributed by atoms with Crippen molar-refractivity contribution in [3.63, 3.8) is 0 Å². The molecule has 0 aliphatic heterocycles. The lowest BCUT2D eigenvalue weighted by Crippen LogP contribution is -2.47. The summed E-state index contributed by atoms with van der Waals surface area (Å²) < 4.78 is 0. The molecular formula is C26H31N3OS. The molecule has 4 nitrogen and oxygen atoms in total. The van der Waals surface area contributed by atoms with Crippen molar-refractivity contribution in [3.8, 4) is 0 Å². The highest BCUT2D eigenvalue weighted by Gasteiger charge is 2.25. The number of aromatic amines is 1. The SMILES string of the molecule is Cc1ccc2cc(CN(C(=S)N[C@H](C)c3ccccc3)C3CCCCC3)c(=O)[nH]c2c1. The zero-order valence-corrected chi connectivity index (χ0v) is 19.2. The second kappa shape index (κ2) is 9.65. The molecule has 1 aliphatic rings. The topological polar surface area (TPSA) is 48.1 Å². The summed E-state index contributed by atoms with van der Waals surface area (Å²) >= 11 is 5.89. The summed E-state index contributed by atoms with van der Waals surface area (Å²) in [6.45, 7) is 4.69. The van der Waals surface area contributed by atoms with Crippen molar-refractivity contribution in [2.75, 3.05) is 0 Å². The summed E-state index contributed by atoms with van der Waals surface area (Å²) in [6, 6.07) is 19.0. The first kappa shape index (κ1) is 21.6. The minimum Gasteiger partial charge on any atom is -0.356 e. The first-order valence-electron chi connectivity index (χ1n) is 11.3. The van der Waals surface area contributed by atoms with Gasteiger partial charge in [0.25, 0.3) is 5.56 Å². The Bertz CT molecular complexity index is 1100. The second-order valence-electron chi connectivity index (χ2n) is 8.72. The van der Waals surface area contributed by atoms with Crippen LogP contribution in [0.3, 0.4) is 0 Å². The van der Waals surface area contributed by atoms with Crippen LogP contribution in [0.1, 0.15) is 61.8 Å². The summed E-state index contributed by atoms with van der Waals surface area (Å²) in [5.41, 5.74) is 3.96. The summed E-state index contributed by atoms with van der Waals surface area (Å²) in [5, 5.41) is 5.31. The lowest BCUT2D eigenvalue weighted by molar-refractivity contribution is 0.233. The molecule has 1 heterocycles. The molecule has 1 saturated carbocycles. The maximum Gasteiger partial charge on any atom is 0.253 e. The molecule has 2 aromatic carbocycles. The van der Waals surface area contributed by atoms with Gasteiger partial charge in [0.2, 0.25) is 0 Å². The minimum atomic E-state index is -0.0298. The molecule has 31 heavy (non-hydrogen) atoms. The summed E-state index contributed by atoms with van der Waals surface area (Å²) in [4.78, 5) is 18.2. The highest BCUT2D eigenvalue weighted by molar-refractivity contribution is 7.80. The summed E-state index contributed by atoms with van der Waals surface area (Å²) in [5.74, 6) is 0. The molecule has 0 amide bonds. The second-order valence-corrected chi connectivity index (χ2v) is 9.10. The van der Waals surface area contributed by atoms with Crippen LogP contribution in [0.15, 0.2) is 59.4 Å². The van der Waals surface area contributed by atoms with Crippen LogP contribution in [0, 0.1) is 6.92 Å². The molecule has 1 fully saturated rings. The summed E-state index contributed by atoms with van der Waals surface area (Å²) in [6.07, 6.45) is 5.94. The average Bonchev–Trinajstić information content (AvgIpc) is 2.78. The lowest BCUT2D eigenvalue weighted by atomic mass is 9.94. The number of H-pyrrole nitrogens is 1. The number of aromatic nitrogens is 1. The number of aryl methyl sites for hydroxylation is 1. The van der Waals surface area contributed by atoms with Crippen molar-refractivity contribution in [2.24, 2.45) is 0 Å². The van der Waals surface area contributed by atoms with Crippen molar-refractivity contribution in [3.05, 3.63) is 81.6 Å². The van der Waals surface area contributed by atoms with Crippen LogP contribution in [-0.2, 0) is 6.54 Å². The Hall–Kier alpha value is -2.66. The van der Waals surface area contributed by atoms with E-state index in [1.54, 1.807) is 0 Å². The van der Waals surface area contributed by atoms with E-state index in [1.165, 1.54) is 24.8 Å². The van der Waals surface area contributed by atoms with Crippen molar-refractivity contribution in [2.45, 2.75) is 64.6 Å². The molecule has 1 aromatic heterocycles. The maximum atomic E-state index is 12.9. The van der Waals surface area contributed by atoms with E-state index in [9.17, 15) is 4.79 Å². The number of hydrogen-bond acceptors (Lipinski definition) is 2. The van der Waals surface area contributed by atoms with E-state index < -0.39 is 0 Å². The Morgan fingerprint density at radius 2 is 1.87 bits per heavy atom. The smallest absolute Gasteiger partial charge is 0.253 e. The first-order chi connectivity index (χ1) is 15.0. The number of rotatable bonds is 5. The molecular weight excluding hydrogens is 402 g/mol. The number of benzene rings is 2. The normalized spacial score (nSPS) is 15.5. The Kier molecular flexibility index (Phi) is 6.71. The monoisotopic (exact) mass is 433 g/mol. The fraction of sp³-hybridized carbons (Fsp3) is 0.385. The van der Waals surface area contributed by atoms with Gasteiger partial charge in [0.1, 0.15) is 0 Å². The molecule has 1 atom stereocenters. The van der Waals surface area contributed by atoms with Crippen LogP contribution >= 0.6 is 12.2 Å². The number of pyridine rings is 1. The van der Waals surface area contributed by atoms with Gasteiger partial charge in [0.15, 0.2) is 5.11 Å². The molecule has 0 unspecified atom stereocenters. The molecule has 2 N–H and O–H groups in total. The Morgan fingerprint density at radius 1 is 1.13 bits per heavy atom. The van der Waals surface area contributed by atoms with Gasteiger partial charge in [-0.05, 0) is 67.6 Å². The highest BCUT2D eigenvalue weighted by atomic mass is 32.1. The van der Waals surface area contributed by atoms with Gasteiger partial charge in [0, 0.05) is 17.1 Å². The van der Waals surface area contributed by atoms with Gasteiger partial charge in [-0.15, -0.1) is 0 Å². The van der Waals surface area contributed by atoms with Crippen LogP contribution in [0.4, 0.5) is 0 Å². The third-order valence-electron chi connectivity index (χ3n) is 6.33. The minimum absolute atomic E-state index is 0.0298. The van der Waals surface area contributed by atoms with Crippen LogP contribution in [0.25, 0.3) is 10.9 Å². The third-order valence-corrected chi connectivity index (χ3v) is 6.69. The van der Waals surface area contributed by atoms with Gasteiger partial charge in [-0.25, -0.2) is 0 Å². The third kappa shape index (κ3) is 5.16. The van der Waals surface area contributed by atoms with E-state index in [2.05, 4.69) is 46.4 Å². The van der Waals surface area contributed by atoms with Gasteiger partial charge in [-0.2, -0.15) is 0 Å². The zero-order valence-electron chi connectivity index (χ0n) is 18.4. The standard InChI is InChI=1S/C26H31N3OS/c1-18-13-14-21-16-22(25(30)28-24(21)15-18)17-29(23-11-7-4-8-12-23)26(31)27-19(2)20-9-5-3-6-10-20/h3,5-6,9-10,13-16,19,23H,4,7-8,11-12,17H2,1-2H3,(H,27,31)(H,28,30)/t19-/m1/s1. The fourth-order valence-electron chi connectivity index (χ4n) is 4.51. The van der Waals surface area contributed by atoms with Crippen LogP contribution in [0.2, 0.25) is 0 Å². The molecule has 3 aromatic rings. The Morgan fingerprint density at radius 3 is 2.61 bits per heavy atom. The zero-order chi connectivity index (χ0) is 21.8. The largest absolute Gasteiger partial charge is 0.356 e. The maximum absolute atomic E-state index is 12.9. The summed E-state index contributed by atoms with van der Waals surface area (Å²) in [7, 11) is 0. The van der Waals surface area contributed by atoms with E-state index in [0.717, 1.165) is 40.0 Å². The molecule has 5 heteroatoms. The molecule has 0 spiro atoms. The van der Waals surface area contributed by atoms with E-state index in [4.69, 9.17) is 12.2 Å². The van der Waals surface area contributed by atoms with Crippen molar-refractivity contribution < 1.29 is 0 Å². The van der Waals surface area contributed by atoms with E-state index in [0.29, 0.717) is 12.6 Å². The van der Waals surface area contributed by atoms with Gasteiger partial charge in [0.05, 0.1) is 12.6 Å². The highest BCUT2D eigenvalue weighted by Crippen LogP contribution is 2.25. The fourth-order valence-corrected chi connectivity index (χ4v) is 4.90. The number of hydrogen-bond donors (Lipinski definition) is 2.